The first kappa shape index (κ1) is 40.2. The predicted octanol–water partition coefficient (Wildman–Crippen LogP) is 15.0. The van der Waals surface area contributed by atoms with Crippen molar-refractivity contribution in [1.82, 2.24) is 24.5 Å². The topological polar surface area (TPSA) is 83.2 Å². The van der Waals surface area contributed by atoms with E-state index in [1.165, 1.54) is 27.1 Å². The van der Waals surface area contributed by atoms with Crippen molar-refractivity contribution < 1.29 is 0 Å². The van der Waals surface area contributed by atoms with E-state index < -0.39 is 0 Å². The summed E-state index contributed by atoms with van der Waals surface area (Å²) in [5.74, 6) is 2.69. The van der Waals surface area contributed by atoms with Gasteiger partial charge in [0, 0.05) is 43.7 Å². The largest absolute Gasteiger partial charge is 0.354 e. The fourth-order valence-electron chi connectivity index (χ4n) is 11.0. The zero-order chi connectivity index (χ0) is 44.6. The molecule has 1 saturated carbocycles. The molecule has 1 N–H and O–H groups in total. The number of benzene rings is 7. The highest BCUT2D eigenvalue weighted by Gasteiger charge is 2.55. The van der Waals surface area contributed by atoms with Crippen molar-refractivity contribution in [1.29, 1.82) is 5.26 Å². The summed E-state index contributed by atoms with van der Waals surface area (Å²) in [6.45, 7) is 13.6. The first-order valence-electron chi connectivity index (χ1n) is 22.8. The number of nitrogens with one attached hydrogen (secondary N) is 1. The molecule has 11 rings (SSSR count). The summed E-state index contributed by atoms with van der Waals surface area (Å²) < 4.78 is 2.38. The molecule has 1 fully saturated rings. The van der Waals surface area contributed by atoms with Crippen LogP contribution in [0, 0.1) is 54.3 Å². The van der Waals surface area contributed by atoms with E-state index in [1.54, 1.807) is 0 Å². The highest BCUT2D eigenvalue weighted by atomic mass is 15.1. The van der Waals surface area contributed by atoms with Gasteiger partial charge in [-0.1, -0.05) is 155 Å². The number of aryl methyl sites for hydroxylation is 2. The molecule has 3 heterocycles. The van der Waals surface area contributed by atoms with Crippen LogP contribution in [0.15, 0.2) is 158 Å². The molecule has 0 amide bonds. The van der Waals surface area contributed by atoms with E-state index >= 15 is 0 Å². The summed E-state index contributed by atoms with van der Waals surface area (Å²) in [5, 5.41) is 15.8. The minimum atomic E-state index is -0.334. The molecule has 3 atom stereocenters. The number of nitrogens with zero attached hydrogens (tertiary/aromatic N) is 5. The van der Waals surface area contributed by atoms with Gasteiger partial charge in [-0.05, 0) is 102 Å². The van der Waals surface area contributed by atoms with Crippen LogP contribution in [0.2, 0.25) is 0 Å². The maximum absolute atomic E-state index is 11.1. The van der Waals surface area contributed by atoms with Crippen LogP contribution in [0.5, 0.6) is 0 Å². The van der Waals surface area contributed by atoms with Crippen molar-refractivity contribution in [3.05, 3.63) is 174 Å². The lowest BCUT2D eigenvalue weighted by Gasteiger charge is -2.58. The number of allylic oxidation sites excluding steroid dienone is 1. The molecule has 3 aromatic heterocycles. The summed E-state index contributed by atoms with van der Waals surface area (Å²) in [6, 6.07) is 56.1. The summed E-state index contributed by atoms with van der Waals surface area (Å²) in [7, 11) is 0. The lowest BCUT2D eigenvalue weighted by molar-refractivity contribution is -0.0977. The lowest BCUT2D eigenvalue weighted by Crippen LogP contribution is -2.54. The van der Waals surface area contributed by atoms with Crippen LogP contribution in [0.4, 0.5) is 0 Å². The fourth-order valence-corrected chi connectivity index (χ4v) is 11.0. The van der Waals surface area contributed by atoms with E-state index in [1.807, 2.05) is 36.4 Å². The second-order valence-corrected chi connectivity index (χ2v) is 18.5. The number of hydrogen-bond acceptors (Lipinski definition) is 4. The Morgan fingerprint density at radius 2 is 1.23 bits per heavy atom. The maximum atomic E-state index is 11.1. The first-order chi connectivity index (χ1) is 31.6. The van der Waals surface area contributed by atoms with Crippen molar-refractivity contribution >= 4 is 49.7 Å². The van der Waals surface area contributed by atoms with Gasteiger partial charge in [0.25, 0.3) is 0 Å². The van der Waals surface area contributed by atoms with Crippen LogP contribution in [-0.4, -0.2) is 24.5 Å². The molecule has 0 aliphatic heterocycles. The summed E-state index contributed by atoms with van der Waals surface area (Å²) in [5.41, 5.74) is 13.2. The molecule has 316 valence electrons. The molecular formula is C59H50N6. The molecule has 1 unspecified atom stereocenters. The van der Waals surface area contributed by atoms with Gasteiger partial charge < -0.3 is 9.55 Å². The van der Waals surface area contributed by atoms with Crippen molar-refractivity contribution in [2.24, 2.45) is 29.1 Å². The van der Waals surface area contributed by atoms with Gasteiger partial charge in [0.05, 0.1) is 34.3 Å². The minimum Gasteiger partial charge on any atom is -0.354 e. The smallest absolute Gasteiger partial charge is 0.166 e. The number of H-pyrrole nitrogens is 1. The standard InChI is InChI=1S/C59H50N6/c1-35-25-29-53-49(31-35)45-22-14-16-24-52(45)65(53)54-30-28-43(47-33-51-48(32-36(47)2)44-21-13-15-23-50(44)61-51)46(27-26-42(34-60)59(6)38(4)37(3)39(59)5)55(54)58-63-56(40-17-9-7-10-18-40)62-57(64-58)41-19-11-8-12-20-41/h7-33,37-39,42,61H,1-6H3/t37?,38-,39-,42?,59?/m0/s1. The molecule has 1 aliphatic rings. The normalized spacial score (nSPS) is 19.0. The number of aromatic amines is 1. The van der Waals surface area contributed by atoms with Gasteiger partial charge in [0.1, 0.15) is 0 Å². The number of fused-ring (bicyclic) bond motifs is 6. The monoisotopic (exact) mass is 842 g/mol. The van der Waals surface area contributed by atoms with Gasteiger partial charge in [0.2, 0.25) is 0 Å². The third-order valence-electron chi connectivity index (χ3n) is 15.2. The van der Waals surface area contributed by atoms with E-state index in [2.05, 4.69) is 185 Å². The van der Waals surface area contributed by atoms with Gasteiger partial charge in [-0.15, -0.1) is 0 Å². The number of aromatic nitrogens is 5. The molecule has 0 spiro atoms. The van der Waals surface area contributed by atoms with Crippen molar-refractivity contribution in [3.8, 4) is 57.0 Å². The van der Waals surface area contributed by atoms with Crippen LogP contribution < -0.4 is 0 Å². The Hall–Kier alpha value is -7.62. The van der Waals surface area contributed by atoms with Crippen LogP contribution in [0.25, 0.3) is 101 Å². The Labute approximate surface area is 380 Å². The van der Waals surface area contributed by atoms with E-state index in [9.17, 15) is 5.26 Å². The van der Waals surface area contributed by atoms with Crippen LogP contribution in [0.3, 0.4) is 0 Å². The van der Waals surface area contributed by atoms with Crippen LogP contribution in [-0.2, 0) is 0 Å². The van der Waals surface area contributed by atoms with Gasteiger partial charge >= 0.3 is 0 Å². The van der Waals surface area contributed by atoms with E-state index in [4.69, 9.17) is 15.0 Å². The Balaban J connectivity index is 1.28. The van der Waals surface area contributed by atoms with Crippen molar-refractivity contribution in [3.63, 3.8) is 0 Å². The molecule has 0 radical (unpaired) electrons. The van der Waals surface area contributed by atoms with Gasteiger partial charge in [0.15, 0.2) is 17.5 Å². The maximum Gasteiger partial charge on any atom is 0.166 e. The van der Waals surface area contributed by atoms with Gasteiger partial charge in [-0.2, -0.15) is 5.26 Å². The van der Waals surface area contributed by atoms with Crippen molar-refractivity contribution in [2.45, 2.75) is 41.5 Å². The molecule has 6 heteroatoms. The van der Waals surface area contributed by atoms with Crippen LogP contribution in [0.1, 0.15) is 44.4 Å². The Kier molecular flexibility index (Phi) is 9.62. The summed E-state index contributed by atoms with van der Waals surface area (Å²) in [6.07, 6.45) is 4.39. The molecule has 0 saturated heterocycles. The molecule has 10 aromatic rings. The fraction of sp³-hybridized carbons (Fsp3) is 0.186. The summed E-state index contributed by atoms with van der Waals surface area (Å²) in [4.78, 5) is 19.8. The molecular weight excluding hydrogens is 793 g/mol. The lowest BCUT2D eigenvalue weighted by atomic mass is 9.45. The zero-order valence-corrected chi connectivity index (χ0v) is 37.6. The SMILES string of the molecule is Cc1ccc2c(c1)c1ccccc1n2-c1ccc(-c2cc3[nH]c4ccccc4c3cc2C)c(C=CC(C#N)C2(C)[C@@H](C)C(C)[C@@H]2C)c1-c1nc(-c2ccccc2)nc(-c2ccccc2)n1. The number of nitriles is 1. The first-order valence-corrected chi connectivity index (χ1v) is 22.8. The highest BCUT2D eigenvalue weighted by Crippen LogP contribution is 2.60. The van der Waals surface area contributed by atoms with E-state index in [-0.39, 0.29) is 11.3 Å². The number of para-hydroxylation sites is 2. The highest BCUT2D eigenvalue weighted by molar-refractivity contribution is 6.11. The number of rotatable bonds is 8. The van der Waals surface area contributed by atoms with Gasteiger partial charge in [-0.25, -0.2) is 15.0 Å². The number of hydrogen-bond donors (Lipinski definition) is 1. The molecule has 6 nitrogen and oxygen atoms in total. The quantitative estimate of drug-likeness (QED) is 0.165. The zero-order valence-electron chi connectivity index (χ0n) is 37.6. The second-order valence-electron chi connectivity index (χ2n) is 18.5. The van der Waals surface area contributed by atoms with E-state index in [0.29, 0.717) is 35.2 Å². The average Bonchev–Trinajstić information content (AvgIpc) is 3.87. The van der Waals surface area contributed by atoms with Crippen molar-refractivity contribution in [2.75, 3.05) is 0 Å². The third kappa shape index (κ3) is 6.40. The average molecular weight is 843 g/mol. The molecule has 65 heavy (non-hydrogen) atoms. The molecule has 1 aliphatic carbocycles. The van der Waals surface area contributed by atoms with Gasteiger partial charge in [-0.3, -0.25) is 0 Å². The minimum absolute atomic E-state index is 0.194. The Bertz CT molecular complexity index is 3480. The Morgan fingerprint density at radius 1 is 0.615 bits per heavy atom. The predicted molar refractivity (Wildman–Crippen MR) is 268 cm³/mol. The second kappa shape index (κ2) is 15.6. The Morgan fingerprint density at radius 3 is 1.92 bits per heavy atom. The third-order valence-corrected chi connectivity index (χ3v) is 15.2. The van der Waals surface area contributed by atoms with E-state index in [0.717, 1.165) is 66.7 Å². The summed E-state index contributed by atoms with van der Waals surface area (Å²) >= 11 is 0. The van der Waals surface area contributed by atoms with Crippen LogP contribution >= 0.6 is 0 Å². The molecule has 0 bridgehead atoms. The molecule has 7 aromatic carbocycles.